The largest absolute Gasteiger partial charge is 0.310 e. The highest BCUT2D eigenvalue weighted by Gasteiger charge is 2.22. The zero-order valence-corrected chi connectivity index (χ0v) is 14.2. The topological polar surface area (TPSA) is 15.3 Å². The van der Waals surface area contributed by atoms with Crippen LogP contribution in [-0.4, -0.2) is 30.6 Å². The number of rotatable bonds is 9. The molecule has 0 spiro atoms. The van der Waals surface area contributed by atoms with Crippen molar-refractivity contribution in [3.8, 4) is 0 Å². The van der Waals surface area contributed by atoms with Crippen LogP contribution in [0.5, 0.6) is 0 Å². The second-order valence-electron chi connectivity index (χ2n) is 6.44. The second-order valence-corrected chi connectivity index (χ2v) is 6.44. The first-order valence-electron chi connectivity index (χ1n) is 8.10. The molecule has 0 bridgehead atoms. The molecule has 0 radical (unpaired) electrons. The molecule has 0 saturated carbocycles. The van der Waals surface area contributed by atoms with Crippen molar-refractivity contribution in [1.82, 2.24) is 10.2 Å². The van der Waals surface area contributed by atoms with Crippen molar-refractivity contribution in [2.24, 2.45) is 0 Å². The minimum atomic E-state index is -0.155. The minimum Gasteiger partial charge on any atom is -0.310 e. The number of nitrogens with one attached hydrogen (secondary N) is 1. The molecule has 0 saturated heterocycles. The van der Waals surface area contributed by atoms with Crippen molar-refractivity contribution in [2.75, 3.05) is 20.1 Å². The maximum absolute atomic E-state index is 13.5. The van der Waals surface area contributed by atoms with E-state index in [2.05, 4.69) is 45.0 Å². The summed E-state index contributed by atoms with van der Waals surface area (Å²) in [6.07, 6.45) is 3.20. The summed E-state index contributed by atoms with van der Waals surface area (Å²) in [5.41, 5.74) is 1.25. The number of hydrogen-bond acceptors (Lipinski definition) is 2. The molecular formula is C18H31FN2. The Labute approximate surface area is 129 Å². The molecular weight excluding hydrogens is 263 g/mol. The number of nitrogens with zero attached hydrogens (tertiary/aromatic N) is 1. The van der Waals surface area contributed by atoms with Crippen LogP contribution in [0.3, 0.4) is 0 Å². The molecule has 0 heterocycles. The summed E-state index contributed by atoms with van der Waals surface area (Å²) < 4.78 is 13.5. The summed E-state index contributed by atoms with van der Waals surface area (Å²) in [5.74, 6) is -0.155. The molecule has 0 aromatic heterocycles. The maximum Gasteiger partial charge on any atom is 0.123 e. The van der Waals surface area contributed by atoms with Crippen molar-refractivity contribution in [1.29, 1.82) is 0 Å². The lowest BCUT2D eigenvalue weighted by molar-refractivity contribution is 0.144. The standard InChI is InChI=1S/C18H31FN2/c1-6-12-20-17(15-9-8-10-16(19)14-15)11-13-21(5)18(3,4)7-2/h8-10,14,17,20H,6-7,11-13H2,1-5H3. The van der Waals surface area contributed by atoms with Gasteiger partial charge in [0.1, 0.15) is 5.82 Å². The van der Waals surface area contributed by atoms with Crippen LogP contribution in [0, 0.1) is 5.82 Å². The summed E-state index contributed by atoms with van der Waals surface area (Å²) in [4.78, 5) is 2.40. The molecule has 2 nitrogen and oxygen atoms in total. The predicted molar refractivity (Wildman–Crippen MR) is 89.1 cm³/mol. The normalized spacial score (nSPS) is 13.7. The van der Waals surface area contributed by atoms with E-state index < -0.39 is 0 Å². The lowest BCUT2D eigenvalue weighted by atomic mass is 9.98. The summed E-state index contributed by atoms with van der Waals surface area (Å²) in [5, 5.41) is 3.54. The van der Waals surface area contributed by atoms with Gasteiger partial charge < -0.3 is 10.2 Å². The lowest BCUT2D eigenvalue weighted by Gasteiger charge is -2.36. The van der Waals surface area contributed by atoms with E-state index in [1.165, 1.54) is 6.07 Å². The van der Waals surface area contributed by atoms with Crippen LogP contribution in [0.25, 0.3) is 0 Å². The van der Waals surface area contributed by atoms with Gasteiger partial charge in [0, 0.05) is 18.1 Å². The van der Waals surface area contributed by atoms with Gasteiger partial charge >= 0.3 is 0 Å². The first-order chi connectivity index (χ1) is 9.90. The Balaban J connectivity index is 2.71. The molecule has 0 aliphatic heterocycles. The minimum absolute atomic E-state index is 0.155. The highest BCUT2D eigenvalue weighted by Crippen LogP contribution is 2.22. The smallest absolute Gasteiger partial charge is 0.123 e. The average Bonchev–Trinajstić information content (AvgIpc) is 2.47. The van der Waals surface area contributed by atoms with Gasteiger partial charge in [-0.1, -0.05) is 26.0 Å². The first-order valence-corrected chi connectivity index (χ1v) is 8.10. The van der Waals surface area contributed by atoms with E-state index in [1.807, 2.05) is 6.07 Å². The average molecular weight is 294 g/mol. The van der Waals surface area contributed by atoms with Gasteiger partial charge in [-0.25, -0.2) is 4.39 Å². The van der Waals surface area contributed by atoms with Gasteiger partial charge in [-0.15, -0.1) is 0 Å². The lowest BCUT2D eigenvalue weighted by Crippen LogP contribution is -2.42. The number of halogens is 1. The van der Waals surface area contributed by atoms with E-state index in [-0.39, 0.29) is 17.4 Å². The Kier molecular flexibility index (Phi) is 7.33. The Morgan fingerprint density at radius 2 is 2.00 bits per heavy atom. The molecule has 1 aromatic carbocycles. The molecule has 1 unspecified atom stereocenters. The van der Waals surface area contributed by atoms with Crippen LogP contribution in [0.2, 0.25) is 0 Å². The van der Waals surface area contributed by atoms with E-state index >= 15 is 0 Å². The van der Waals surface area contributed by atoms with Gasteiger partial charge in [0.15, 0.2) is 0 Å². The van der Waals surface area contributed by atoms with Crippen LogP contribution in [0.1, 0.15) is 58.6 Å². The molecule has 3 heteroatoms. The molecule has 21 heavy (non-hydrogen) atoms. The number of hydrogen-bond donors (Lipinski definition) is 1. The quantitative estimate of drug-likeness (QED) is 0.727. The fraction of sp³-hybridized carbons (Fsp3) is 0.667. The van der Waals surface area contributed by atoms with Gasteiger partial charge in [0.25, 0.3) is 0 Å². The van der Waals surface area contributed by atoms with E-state index in [0.29, 0.717) is 0 Å². The van der Waals surface area contributed by atoms with Crippen molar-refractivity contribution in [3.05, 3.63) is 35.6 Å². The van der Waals surface area contributed by atoms with Gasteiger partial charge in [-0.3, -0.25) is 0 Å². The third-order valence-electron chi connectivity index (χ3n) is 4.54. The van der Waals surface area contributed by atoms with Crippen molar-refractivity contribution >= 4 is 0 Å². The van der Waals surface area contributed by atoms with Crippen molar-refractivity contribution in [3.63, 3.8) is 0 Å². The third kappa shape index (κ3) is 5.76. The van der Waals surface area contributed by atoms with Crippen LogP contribution >= 0.6 is 0 Å². The molecule has 0 aliphatic carbocycles. The van der Waals surface area contributed by atoms with Crippen molar-refractivity contribution in [2.45, 2.75) is 58.5 Å². The zero-order chi connectivity index (χ0) is 15.9. The summed E-state index contributed by atoms with van der Waals surface area (Å²) in [6.45, 7) is 10.9. The maximum atomic E-state index is 13.5. The third-order valence-corrected chi connectivity index (χ3v) is 4.54. The van der Waals surface area contributed by atoms with Gasteiger partial charge in [-0.05, 0) is 64.4 Å². The molecule has 1 rings (SSSR count). The molecule has 1 aromatic rings. The van der Waals surface area contributed by atoms with Gasteiger partial charge in [0.05, 0.1) is 0 Å². The molecule has 0 aliphatic rings. The Bertz CT molecular complexity index is 417. The van der Waals surface area contributed by atoms with Gasteiger partial charge in [-0.2, -0.15) is 0 Å². The molecule has 0 fully saturated rings. The number of benzene rings is 1. The van der Waals surface area contributed by atoms with Crippen LogP contribution in [0.4, 0.5) is 4.39 Å². The van der Waals surface area contributed by atoms with Gasteiger partial charge in [0.2, 0.25) is 0 Å². The fourth-order valence-corrected chi connectivity index (χ4v) is 2.32. The Morgan fingerprint density at radius 3 is 2.57 bits per heavy atom. The summed E-state index contributed by atoms with van der Waals surface area (Å²) in [7, 11) is 2.17. The van der Waals surface area contributed by atoms with Crippen LogP contribution in [0.15, 0.2) is 24.3 Å². The Morgan fingerprint density at radius 1 is 1.29 bits per heavy atom. The van der Waals surface area contributed by atoms with Crippen LogP contribution in [-0.2, 0) is 0 Å². The molecule has 0 amide bonds. The molecule has 120 valence electrons. The van der Waals surface area contributed by atoms with E-state index in [1.54, 1.807) is 12.1 Å². The monoisotopic (exact) mass is 294 g/mol. The van der Waals surface area contributed by atoms with E-state index in [0.717, 1.165) is 37.9 Å². The summed E-state index contributed by atoms with van der Waals surface area (Å²) >= 11 is 0. The van der Waals surface area contributed by atoms with E-state index in [4.69, 9.17) is 0 Å². The fourth-order valence-electron chi connectivity index (χ4n) is 2.32. The highest BCUT2D eigenvalue weighted by atomic mass is 19.1. The summed E-state index contributed by atoms with van der Waals surface area (Å²) in [6, 6.07) is 7.19. The second kappa shape index (κ2) is 8.50. The predicted octanol–water partition coefficient (Wildman–Crippen LogP) is 4.38. The molecule has 1 atom stereocenters. The molecule has 1 N–H and O–H groups in total. The highest BCUT2D eigenvalue weighted by molar-refractivity contribution is 5.20. The zero-order valence-electron chi connectivity index (χ0n) is 14.2. The Hall–Kier alpha value is -0.930. The van der Waals surface area contributed by atoms with E-state index in [9.17, 15) is 4.39 Å². The van der Waals surface area contributed by atoms with Crippen molar-refractivity contribution < 1.29 is 4.39 Å². The SMILES string of the molecule is CCCNC(CCN(C)C(C)(C)CC)c1cccc(F)c1. The first kappa shape index (κ1) is 18.1. The van der Waals surface area contributed by atoms with Crippen LogP contribution < -0.4 is 5.32 Å².